The first-order valence-corrected chi connectivity index (χ1v) is 5.78. The fourth-order valence-electron chi connectivity index (χ4n) is 1.63. The van der Waals surface area contributed by atoms with Gasteiger partial charge in [0.25, 0.3) is 0 Å². The van der Waals surface area contributed by atoms with E-state index in [2.05, 4.69) is 15.0 Å². The molecule has 5 nitrogen and oxygen atoms in total. The summed E-state index contributed by atoms with van der Waals surface area (Å²) in [4.78, 5) is 15.7. The van der Waals surface area contributed by atoms with E-state index in [4.69, 9.17) is 5.73 Å². The molecule has 0 atom stereocenters. The predicted molar refractivity (Wildman–Crippen MR) is 74.5 cm³/mol. The second-order valence-electron chi connectivity index (χ2n) is 4.10. The number of methoxy groups -OCH3 is 1. The van der Waals surface area contributed by atoms with Gasteiger partial charge in [-0.2, -0.15) is 0 Å². The van der Waals surface area contributed by atoms with Gasteiger partial charge >= 0.3 is 5.97 Å². The summed E-state index contributed by atoms with van der Waals surface area (Å²) >= 11 is 0. The number of esters is 1. The molecule has 0 aliphatic carbocycles. The van der Waals surface area contributed by atoms with Gasteiger partial charge in [0, 0.05) is 11.9 Å². The molecule has 2 aromatic rings. The summed E-state index contributed by atoms with van der Waals surface area (Å²) in [6, 6.07) is 9.31. The number of nitrogens with zero attached hydrogens (tertiary/aromatic N) is 1. The van der Waals surface area contributed by atoms with Crippen molar-refractivity contribution in [1.29, 1.82) is 0 Å². The van der Waals surface area contributed by atoms with Crippen molar-refractivity contribution in [2.75, 3.05) is 18.2 Å². The molecular weight excluding hydrogens is 242 g/mol. The SMILES string of the molecule is COC(=O)c1ccnc(Nc2ccc(C)cc2)c1N. The van der Waals surface area contributed by atoms with Crippen molar-refractivity contribution in [3.05, 3.63) is 47.7 Å². The Morgan fingerprint density at radius 1 is 1.26 bits per heavy atom. The fraction of sp³-hybridized carbons (Fsp3) is 0.143. The number of anilines is 3. The van der Waals surface area contributed by atoms with Gasteiger partial charge < -0.3 is 15.8 Å². The summed E-state index contributed by atoms with van der Waals surface area (Å²) in [7, 11) is 1.31. The number of aryl methyl sites for hydroxylation is 1. The van der Waals surface area contributed by atoms with Gasteiger partial charge in [-0.3, -0.25) is 0 Å². The van der Waals surface area contributed by atoms with E-state index >= 15 is 0 Å². The number of hydrogen-bond donors (Lipinski definition) is 2. The molecule has 0 fully saturated rings. The molecule has 0 aliphatic rings. The largest absolute Gasteiger partial charge is 0.465 e. The lowest BCUT2D eigenvalue weighted by atomic mass is 10.2. The molecule has 1 heterocycles. The molecular formula is C14H15N3O2. The van der Waals surface area contributed by atoms with Crippen LogP contribution in [0.2, 0.25) is 0 Å². The second-order valence-corrected chi connectivity index (χ2v) is 4.10. The van der Waals surface area contributed by atoms with E-state index in [1.54, 1.807) is 0 Å². The Morgan fingerprint density at radius 2 is 1.95 bits per heavy atom. The van der Waals surface area contributed by atoms with Gasteiger partial charge in [-0.05, 0) is 25.1 Å². The molecule has 0 amide bonds. The first kappa shape index (κ1) is 12.9. The molecule has 98 valence electrons. The second kappa shape index (κ2) is 5.39. The predicted octanol–water partition coefficient (Wildman–Crippen LogP) is 2.50. The molecule has 0 bridgehead atoms. The average molecular weight is 257 g/mol. The third-order valence-corrected chi connectivity index (χ3v) is 2.71. The van der Waals surface area contributed by atoms with E-state index in [0.29, 0.717) is 11.4 Å². The Hall–Kier alpha value is -2.56. The van der Waals surface area contributed by atoms with E-state index in [9.17, 15) is 4.79 Å². The minimum Gasteiger partial charge on any atom is -0.465 e. The lowest BCUT2D eigenvalue weighted by Crippen LogP contribution is -2.08. The highest BCUT2D eigenvalue weighted by atomic mass is 16.5. The van der Waals surface area contributed by atoms with Crippen LogP contribution in [0.25, 0.3) is 0 Å². The number of ether oxygens (including phenoxy) is 1. The van der Waals surface area contributed by atoms with Crippen LogP contribution in [0.5, 0.6) is 0 Å². The van der Waals surface area contributed by atoms with Gasteiger partial charge in [-0.15, -0.1) is 0 Å². The Bertz CT molecular complexity index is 594. The van der Waals surface area contributed by atoms with E-state index in [1.807, 2.05) is 31.2 Å². The molecule has 0 spiro atoms. The van der Waals surface area contributed by atoms with Crippen LogP contribution >= 0.6 is 0 Å². The topological polar surface area (TPSA) is 77.2 Å². The molecule has 19 heavy (non-hydrogen) atoms. The van der Waals surface area contributed by atoms with Gasteiger partial charge in [0.15, 0.2) is 5.82 Å². The molecule has 0 unspecified atom stereocenters. The molecule has 2 rings (SSSR count). The van der Waals surface area contributed by atoms with Crippen LogP contribution < -0.4 is 11.1 Å². The minimum atomic E-state index is -0.480. The van der Waals surface area contributed by atoms with Crippen LogP contribution in [0, 0.1) is 6.92 Å². The highest BCUT2D eigenvalue weighted by Crippen LogP contribution is 2.24. The lowest BCUT2D eigenvalue weighted by molar-refractivity contribution is 0.0602. The summed E-state index contributed by atoms with van der Waals surface area (Å²) in [5, 5.41) is 3.07. The number of hydrogen-bond acceptors (Lipinski definition) is 5. The normalized spacial score (nSPS) is 10.0. The molecule has 1 aromatic heterocycles. The zero-order valence-electron chi connectivity index (χ0n) is 10.8. The van der Waals surface area contributed by atoms with E-state index in [-0.39, 0.29) is 5.69 Å². The number of rotatable bonds is 3. The number of nitrogen functional groups attached to an aromatic ring is 1. The number of nitrogens with one attached hydrogen (secondary N) is 1. The van der Waals surface area contributed by atoms with E-state index < -0.39 is 5.97 Å². The Labute approximate surface area is 111 Å². The van der Waals surface area contributed by atoms with Crippen LogP contribution in [-0.2, 0) is 4.74 Å². The van der Waals surface area contributed by atoms with Crippen molar-refractivity contribution in [2.24, 2.45) is 0 Å². The van der Waals surface area contributed by atoms with Crippen molar-refractivity contribution in [2.45, 2.75) is 6.92 Å². The summed E-state index contributed by atoms with van der Waals surface area (Å²) in [6.07, 6.45) is 1.51. The highest BCUT2D eigenvalue weighted by molar-refractivity contribution is 5.97. The molecule has 1 aromatic carbocycles. The minimum absolute atomic E-state index is 0.273. The zero-order valence-corrected chi connectivity index (χ0v) is 10.8. The molecule has 0 saturated heterocycles. The maximum atomic E-state index is 11.5. The maximum Gasteiger partial charge on any atom is 0.340 e. The Balaban J connectivity index is 2.30. The molecule has 5 heteroatoms. The Kier molecular flexibility index (Phi) is 3.66. The van der Waals surface area contributed by atoms with Crippen molar-refractivity contribution < 1.29 is 9.53 Å². The van der Waals surface area contributed by atoms with E-state index in [1.165, 1.54) is 19.4 Å². The third-order valence-electron chi connectivity index (χ3n) is 2.71. The number of benzene rings is 1. The van der Waals surface area contributed by atoms with Crippen LogP contribution in [0.4, 0.5) is 17.2 Å². The molecule has 0 saturated carbocycles. The zero-order chi connectivity index (χ0) is 13.8. The quantitative estimate of drug-likeness (QED) is 0.826. The number of carbonyl (C=O) groups excluding carboxylic acids is 1. The molecule has 0 radical (unpaired) electrons. The lowest BCUT2D eigenvalue weighted by Gasteiger charge is -2.10. The van der Waals surface area contributed by atoms with Gasteiger partial charge in [-0.25, -0.2) is 9.78 Å². The summed E-state index contributed by atoms with van der Waals surface area (Å²) < 4.78 is 4.66. The molecule has 0 aliphatic heterocycles. The number of carbonyl (C=O) groups is 1. The maximum absolute atomic E-state index is 11.5. The van der Waals surface area contributed by atoms with Crippen LogP contribution in [0.15, 0.2) is 36.5 Å². The monoisotopic (exact) mass is 257 g/mol. The van der Waals surface area contributed by atoms with Crippen molar-refractivity contribution >= 4 is 23.2 Å². The average Bonchev–Trinajstić information content (AvgIpc) is 2.43. The summed E-state index contributed by atoms with van der Waals surface area (Å²) in [5.74, 6) is -0.0430. The van der Waals surface area contributed by atoms with Crippen LogP contribution in [-0.4, -0.2) is 18.1 Å². The third kappa shape index (κ3) is 2.82. The first-order chi connectivity index (χ1) is 9.11. The van der Waals surface area contributed by atoms with Gasteiger partial charge in [0.2, 0.25) is 0 Å². The van der Waals surface area contributed by atoms with Crippen LogP contribution in [0.3, 0.4) is 0 Å². The van der Waals surface area contributed by atoms with E-state index in [0.717, 1.165) is 11.3 Å². The van der Waals surface area contributed by atoms with Crippen LogP contribution in [0.1, 0.15) is 15.9 Å². The first-order valence-electron chi connectivity index (χ1n) is 5.78. The highest BCUT2D eigenvalue weighted by Gasteiger charge is 2.13. The van der Waals surface area contributed by atoms with Gasteiger partial charge in [0.05, 0.1) is 18.4 Å². The summed E-state index contributed by atoms with van der Waals surface area (Å²) in [6.45, 7) is 2.01. The number of aromatic nitrogens is 1. The van der Waals surface area contributed by atoms with Crippen molar-refractivity contribution in [3.63, 3.8) is 0 Å². The number of pyridine rings is 1. The summed E-state index contributed by atoms with van der Waals surface area (Å²) in [5.41, 5.74) is 8.50. The van der Waals surface area contributed by atoms with Crippen molar-refractivity contribution in [3.8, 4) is 0 Å². The Morgan fingerprint density at radius 3 is 2.58 bits per heavy atom. The van der Waals surface area contributed by atoms with Crippen molar-refractivity contribution in [1.82, 2.24) is 4.98 Å². The van der Waals surface area contributed by atoms with Gasteiger partial charge in [-0.1, -0.05) is 17.7 Å². The van der Waals surface area contributed by atoms with Gasteiger partial charge in [0.1, 0.15) is 0 Å². The number of nitrogens with two attached hydrogens (primary N) is 1. The standard InChI is InChI=1S/C14H15N3O2/c1-9-3-5-10(6-4-9)17-13-12(15)11(7-8-16-13)14(18)19-2/h3-8H,15H2,1-2H3,(H,16,17). The smallest absolute Gasteiger partial charge is 0.340 e. The molecule has 3 N–H and O–H groups in total. The fourth-order valence-corrected chi connectivity index (χ4v) is 1.63.